The van der Waals surface area contributed by atoms with Crippen LogP contribution in [0.25, 0.3) is 11.3 Å². The zero-order chi connectivity index (χ0) is 28.6. The highest BCUT2D eigenvalue weighted by Crippen LogP contribution is 2.44. The molecule has 1 fully saturated rings. The highest BCUT2D eigenvalue weighted by Gasteiger charge is 2.44. The molecule has 1 spiro atoms. The molecule has 1 saturated carbocycles. The molecule has 2 aliphatic rings. The summed E-state index contributed by atoms with van der Waals surface area (Å²) in [7, 11) is 0. The van der Waals surface area contributed by atoms with Crippen LogP contribution in [0.15, 0.2) is 72.9 Å². The van der Waals surface area contributed by atoms with Crippen LogP contribution < -0.4 is 16.0 Å². The Bertz CT molecular complexity index is 1580. The number of amides is 2. The zero-order valence-electron chi connectivity index (χ0n) is 22.0. The van der Waals surface area contributed by atoms with Crippen molar-refractivity contribution in [2.24, 2.45) is 0 Å². The molecule has 1 aliphatic heterocycles. The Morgan fingerprint density at radius 2 is 1.80 bits per heavy atom. The number of anilines is 3. The average molecular weight is 560 g/mol. The van der Waals surface area contributed by atoms with E-state index in [2.05, 4.69) is 25.9 Å². The molecule has 3 heterocycles. The van der Waals surface area contributed by atoms with Gasteiger partial charge in [0.25, 0.3) is 5.91 Å². The van der Waals surface area contributed by atoms with Gasteiger partial charge in [-0.05, 0) is 61.2 Å². The van der Waals surface area contributed by atoms with Gasteiger partial charge in [-0.1, -0.05) is 30.3 Å². The Labute approximate surface area is 234 Å². The first kappa shape index (κ1) is 26.6. The predicted octanol–water partition coefficient (Wildman–Crippen LogP) is 6.55. The lowest BCUT2D eigenvalue weighted by atomic mass is 9.71. The molecule has 0 bridgehead atoms. The lowest BCUT2D eigenvalue weighted by Gasteiger charge is -2.45. The second kappa shape index (κ2) is 10.8. The van der Waals surface area contributed by atoms with E-state index in [1.165, 1.54) is 18.3 Å². The summed E-state index contributed by atoms with van der Waals surface area (Å²) < 4.78 is 40.2. The van der Waals surface area contributed by atoms with Crippen LogP contribution in [0.5, 0.6) is 0 Å². The van der Waals surface area contributed by atoms with Crippen LogP contribution >= 0.6 is 0 Å². The number of para-hydroxylation sites is 1. The van der Waals surface area contributed by atoms with Crippen LogP contribution in [-0.4, -0.2) is 33.7 Å². The van der Waals surface area contributed by atoms with Crippen molar-refractivity contribution in [2.75, 3.05) is 10.6 Å². The Kier molecular flexibility index (Phi) is 6.98. The molecule has 2 aromatic carbocycles. The molecule has 0 radical (unpaired) electrons. The third kappa shape index (κ3) is 5.41. The number of fused-ring (bicyclic) bond motifs is 1. The molecular weight excluding hydrogens is 531 g/mol. The first-order chi connectivity index (χ1) is 19.8. The van der Waals surface area contributed by atoms with Gasteiger partial charge in [-0.15, -0.1) is 0 Å². The third-order valence-electron chi connectivity index (χ3n) is 7.85. The normalized spacial score (nSPS) is 16.0. The Hall–Kier alpha value is -4.60. The fraction of sp³-hybridized carbons (Fsp3) is 0.258. The van der Waals surface area contributed by atoms with Gasteiger partial charge in [0.1, 0.15) is 11.6 Å². The maximum atomic E-state index is 13.4. The maximum Gasteiger partial charge on any atom is 0.255 e. The molecule has 2 amide bonds. The van der Waals surface area contributed by atoms with E-state index in [0.29, 0.717) is 28.9 Å². The van der Waals surface area contributed by atoms with Crippen LogP contribution in [0.2, 0.25) is 0 Å². The molecule has 4 aromatic rings. The monoisotopic (exact) mass is 559 g/mol. The van der Waals surface area contributed by atoms with Gasteiger partial charge < -0.3 is 20.9 Å². The predicted molar refractivity (Wildman–Crippen MR) is 150 cm³/mol. The van der Waals surface area contributed by atoms with Gasteiger partial charge in [-0.25, -0.2) is 18.2 Å². The van der Waals surface area contributed by atoms with Crippen molar-refractivity contribution in [3.05, 3.63) is 95.6 Å². The van der Waals surface area contributed by atoms with Gasteiger partial charge >= 0.3 is 0 Å². The van der Waals surface area contributed by atoms with Crippen molar-refractivity contribution in [1.29, 1.82) is 0 Å². The largest absolute Gasteiger partial charge is 0.356 e. The number of nitrogens with one attached hydrogen (secondary N) is 4. The van der Waals surface area contributed by atoms with Crippen LogP contribution in [0.4, 0.5) is 30.4 Å². The fourth-order valence-electron chi connectivity index (χ4n) is 5.67. The molecule has 7 nitrogen and oxygen atoms in total. The topological polar surface area (TPSA) is 98.9 Å². The standard InChI is InChI=1S/C31H28F3N5O2/c32-20-9-7-18(8-10-20)22(16-24(33)34)29(40)38-25-15-19(11-14-35-25)27-28(36-21-5-2-1-3-6-21)26-23(37-27)17-31(12-4-13-31)39-30(26)41/h1-3,5-11,14-15,22,24,36-37H,4,12-13,16-17H2,(H,39,41)(H,35,38,40)/t22-/m0/s1. The summed E-state index contributed by atoms with van der Waals surface area (Å²) in [5, 5.41) is 9.24. The Balaban J connectivity index is 1.34. The van der Waals surface area contributed by atoms with Crippen LogP contribution in [-0.2, 0) is 11.2 Å². The number of pyridine rings is 1. The van der Waals surface area contributed by atoms with E-state index in [4.69, 9.17) is 0 Å². The number of hydrogen-bond acceptors (Lipinski definition) is 4. The van der Waals surface area contributed by atoms with Gasteiger partial charge in [-0.2, -0.15) is 0 Å². The number of alkyl halides is 2. The molecule has 210 valence electrons. The molecule has 6 rings (SSSR count). The van der Waals surface area contributed by atoms with E-state index in [9.17, 15) is 22.8 Å². The van der Waals surface area contributed by atoms with Crippen molar-refractivity contribution >= 4 is 29.0 Å². The van der Waals surface area contributed by atoms with E-state index in [1.807, 2.05) is 30.3 Å². The first-order valence-corrected chi connectivity index (χ1v) is 13.5. The van der Waals surface area contributed by atoms with Gasteiger partial charge in [0.15, 0.2) is 0 Å². The smallest absolute Gasteiger partial charge is 0.255 e. The number of H-pyrrole nitrogens is 1. The number of carbonyl (C=O) groups excluding carboxylic acids is 2. The highest BCUT2D eigenvalue weighted by molar-refractivity contribution is 6.07. The molecular formula is C31H28F3N5O2. The summed E-state index contributed by atoms with van der Waals surface area (Å²) in [5.74, 6) is -2.39. The summed E-state index contributed by atoms with van der Waals surface area (Å²) >= 11 is 0. The van der Waals surface area contributed by atoms with Gasteiger partial charge in [-0.3, -0.25) is 9.59 Å². The number of carbonyl (C=O) groups is 2. The summed E-state index contributed by atoms with van der Waals surface area (Å²) in [6.45, 7) is 0. The lowest BCUT2D eigenvalue weighted by Crippen LogP contribution is -2.57. The van der Waals surface area contributed by atoms with Crippen LogP contribution in [0.1, 0.15) is 53.2 Å². The molecule has 0 unspecified atom stereocenters. The minimum Gasteiger partial charge on any atom is -0.356 e. The lowest BCUT2D eigenvalue weighted by molar-refractivity contribution is -0.118. The third-order valence-corrected chi connectivity index (χ3v) is 7.85. The van der Waals surface area contributed by atoms with Crippen molar-refractivity contribution in [3.8, 4) is 11.3 Å². The zero-order valence-corrected chi connectivity index (χ0v) is 22.0. The quantitative estimate of drug-likeness (QED) is 0.197. The molecule has 1 aliphatic carbocycles. The molecule has 2 aromatic heterocycles. The number of rotatable bonds is 8. The van der Waals surface area contributed by atoms with Gasteiger partial charge in [0.2, 0.25) is 12.3 Å². The van der Waals surface area contributed by atoms with Crippen molar-refractivity contribution in [3.63, 3.8) is 0 Å². The number of aromatic amines is 1. The number of hydrogen-bond donors (Lipinski definition) is 4. The number of halogens is 3. The van der Waals surface area contributed by atoms with Crippen molar-refractivity contribution < 1.29 is 22.8 Å². The van der Waals surface area contributed by atoms with E-state index in [1.54, 1.807) is 12.1 Å². The summed E-state index contributed by atoms with van der Waals surface area (Å²) in [6, 6.07) is 17.8. The SMILES string of the molecule is O=C1NC2(CCC2)Cc2[nH]c(-c3ccnc(NC(=O)[C@@H](CC(F)F)c4ccc(F)cc4)c3)c(Nc3ccccc3)c21. The second-order valence-electron chi connectivity index (χ2n) is 10.6. The van der Waals surface area contributed by atoms with Gasteiger partial charge in [0.05, 0.1) is 22.9 Å². The average Bonchev–Trinajstić information content (AvgIpc) is 3.30. The van der Waals surface area contributed by atoms with E-state index >= 15 is 0 Å². The van der Waals surface area contributed by atoms with Crippen LogP contribution in [0.3, 0.4) is 0 Å². The summed E-state index contributed by atoms with van der Waals surface area (Å²) in [4.78, 5) is 34.2. The number of benzene rings is 2. The number of aromatic nitrogens is 2. The molecule has 41 heavy (non-hydrogen) atoms. The fourth-order valence-corrected chi connectivity index (χ4v) is 5.67. The molecule has 0 saturated heterocycles. The second-order valence-corrected chi connectivity index (χ2v) is 10.6. The maximum absolute atomic E-state index is 13.4. The van der Waals surface area contributed by atoms with Crippen molar-refractivity contribution in [1.82, 2.24) is 15.3 Å². The Morgan fingerprint density at radius 1 is 1.05 bits per heavy atom. The van der Waals surface area contributed by atoms with E-state index in [0.717, 1.165) is 42.8 Å². The minimum absolute atomic E-state index is 0.149. The molecule has 4 N–H and O–H groups in total. The molecule has 10 heteroatoms. The van der Waals surface area contributed by atoms with Crippen molar-refractivity contribution in [2.45, 2.75) is 50.0 Å². The number of nitrogens with zero attached hydrogens (tertiary/aromatic N) is 1. The highest BCUT2D eigenvalue weighted by atomic mass is 19.3. The molecule has 1 atom stereocenters. The van der Waals surface area contributed by atoms with E-state index < -0.39 is 30.5 Å². The minimum atomic E-state index is -2.74. The van der Waals surface area contributed by atoms with Gasteiger partial charge in [0, 0.05) is 41.5 Å². The summed E-state index contributed by atoms with van der Waals surface area (Å²) in [6.07, 6.45) is 1.64. The Morgan fingerprint density at radius 3 is 2.49 bits per heavy atom. The first-order valence-electron chi connectivity index (χ1n) is 13.5. The summed E-state index contributed by atoms with van der Waals surface area (Å²) in [5.41, 5.74) is 4.11. The van der Waals surface area contributed by atoms with Crippen LogP contribution in [0, 0.1) is 5.82 Å². The van der Waals surface area contributed by atoms with E-state index in [-0.39, 0.29) is 22.8 Å².